The highest BCUT2D eigenvalue weighted by molar-refractivity contribution is 5.23. The van der Waals surface area contributed by atoms with E-state index in [0.29, 0.717) is 12.6 Å². The Morgan fingerprint density at radius 1 is 1.29 bits per heavy atom. The maximum atomic E-state index is 8.74. The first-order chi connectivity index (χ1) is 6.77. The third kappa shape index (κ3) is 3.13. The van der Waals surface area contributed by atoms with Gasteiger partial charge in [0.05, 0.1) is 6.61 Å². The first-order valence-electron chi connectivity index (χ1n) is 5.18. The number of rotatable bonds is 5. The van der Waals surface area contributed by atoms with Crippen molar-refractivity contribution >= 4 is 0 Å². The molecule has 78 valence electrons. The summed E-state index contributed by atoms with van der Waals surface area (Å²) in [6.07, 6.45) is 1.04. The van der Waals surface area contributed by atoms with E-state index in [1.165, 1.54) is 11.1 Å². The molecule has 2 heteroatoms. The molecule has 1 aromatic carbocycles. The van der Waals surface area contributed by atoms with Gasteiger partial charge in [0.2, 0.25) is 0 Å². The van der Waals surface area contributed by atoms with Crippen LogP contribution in [0.15, 0.2) is 24.3 Å². The van der Waals surface area contributed by atoms with Gasteiger partial charge in [-0.05, 0) is 18.9 Å². The fourth-order valence-corrected chi connectivity index (χ4v) is 1.54. The molecule has 0 aromatic heterocycles. The summed E-state index contributed by atoms with van der Waals surface area (Å²) in [4.78, 5) is 0. The molecule has 0 spiro atoms. The van der Waals surface area contributed by atoms with Gasteiger partial charge in [0.15, 0.2) is 0 Å². The van der Waals surface area contributed by atoms with Gasteiger partial charge in [0.25, 0.3) is 0 Å². The molecule has 0 amide bonds. The van der Waals surface area contributed by atoms with E-state index >= 15 is 0 Å². The van der Waals surface area contributed by atoms with E-state index in [2.05, 4.69) is 43.4 Å². The Morgan fingerprint density at radius 2 is 1.93 bits per heavy atom. The molecule has 14 heavy (non-hydrogen) atoms. The minimum atomic E-state index is 0.197. The van der Waals surface area contributed by atoms with Crippen LogP contribution in [0.1, 0.15) is 30.5 Å². The maximum Gasteiger partial charge on any atom is 0.0556 e. The van der Waals surface area contributed by atoms with E-state index in [1.807, 2.05) is 0 Å². The fraction of sp³-hybridized carbons (Fsp3) is 0.500. The molecule has 1 atom stereocenters. The minimum absolute atomic E-state index is 0.197. The Hall–Kier alpha value is -0.860. The zero-order valence-corrected chi connectivity index (χ0v) is 8.96. The molecule has 2 N–H and O–H groups in total. The standard InChI is InChI=1S/C12H19NO/c1-3-12(13-8-9-14)11-6-4-10(2)5-7-11/h4-7,12-14H,3,8-9H2,1-2H3. The quantitative estimate of drug-likeness (QED) is 0.750. The lowest BCUT2D eigenvalue weighted by Gasteiger charge is -2.16. The summed E-state index contributed by atoms with van der Waals surface area (Å²) in [6, 6.07) is 8.90. The van der Waals surface area contributed by atoms with Crippen molar-refractivity contribution < 1.29 is 5.11 Å². The number of benzene rings is 1. The summed E-state index contributed by atoms with van der Waals surface area (Å²) in [6.45, 7) is 5.09. The highest BCUT2D eigenvalue weighted by atomic mass is 16.3. The molecule has 0 fully saturated rings. The molecule has 2 nitrogen and oxygen atoms in total. The van der Waals surface area contributed by atoms with Gasteiger partial charge in [0.1, 0.15) is 0 Å². The SMILES string of the molecule is CCC(NCCO)c1ccc(C)cc1. The normalized spacial score (nSPS) is 12.8. The summed E-state index contributed by atoms with van der Waals surface area (Å²) in [7, 11) is 0. The van der Waals surface area contributed by atoms with Gasteiger partial charge >= 0.3 is 0 Å². The van der Waals surface area contributed by atoms with Crippen LogP contribution < -0.4 is 5.32 Å². The second kappa shape index (κ2) is 5.78. The van der Waals surface area contributed by atoms with Gasteiger partial charge in [-0.15, -0.1) is 0 Å². The molecular weight excluding hydrogens is 174 g/mol. The van der Waals surface area contributed by atoms with Crippen molar-refractivity contribution in [3.8, 4) is 0 Å². The van der Waals surface area contributed by atoms with Crippen LogP contribution in [0.3, 0.4) is 0 Å². The zero-order valence-electron chi connectivity index (χ0n) is 8.96. The number of aliphatic hydroxyl groups excluding tert-OH is 1. The molecule has 1 rings (SSSR count). The van der Waals surface area contributed by atoms with Crippen molar-refractivity contribution in [1.29, 1.82) is 0 Å². The van der Waals surface area contributed by atoms with Gasteiger partial charge < -0.3 is 10.4 Å². The Balaban J connectivity index is 2.64. The number of hydrogen-bond acceptors (Lipinski definition) is 2. The van der Waals surface area contributed by atoms with Crippen LogP contribution in [-0.2, 0) is 0 Å². The zero-order chi connectivity index (χ0) is 10.4. The van der Waals surface area contributed by atoms with Crippen molar-refractivity contribution in [2.24, 2.45) is 0 Å². The molecule has 0 bridgehead atoms. The Kier molecular flexibility index (Phi) is 4.63. The van der Waals surface area contributed by atoms with E-state index in [0.717, 1.165) is 6.42 Å². The topological polar surface area (TPSA) is 32.3 Å². The molecule has 0 aliphatic carbocycles. The number of aryl methyl sites for hydroxylation is 1. The average molecular weight is 193 g/mol. The average Bonchev–Trinajstić information content (AvgIpc) is 2.21. The smallest absolute Gasteiger partial charge is 0.0556 e. The van der Waals surface area contributed by atoms with E-state index in [-0.39, 0.29) is 6.61 Å². The maximum absolute atomic E-state index is 8.74. The largest absolute Gasteiger partial charge is 0.395 e. The predicted octanol–water partition coefficient (Wildman–Crippen LogP) is 2.03. The van der Waals surface area contributed by atoms with Crippen molar-refractivity contribution in [2.45, 2.75) is 26.3 Å². The Bertz CT molecular complexity index is 256. The lowest BCUT2D eigenvalue weighted by atomic mass is 10.0. The molecule has 0 saturated heterocycles. The Morgan fingerprint density at radius 3 is 2.43 bits per heavy atom. The molecule has 0 radical (unpaired) electrons. The molecule has 0 aliphatic rings. The second-order valence-electron chi connectivity index (χ2n) is 3.55. The fourth-order valence-electron chi connectivity index (χ4n) is 1.54. The van der Waals surface area contributed by atoms with Crippen LogP contribution >= 0.6 is 0 Å². The second-order valence-corrected chi connectivity index (χ2v) is 3.55. The summed E-state index contributed by atoms with van der Waals surface area (Å²) < 4.78 is 0. The first-order valence-corrected chi connectivity index (χ1v) is 5.18. The van der Waals surface area contributed by atoms with Crippen LogP contribution in [0, 0.1) is 6.92 Å². The molecule has 1 aromatic rings. The third-order valence-corrected chi connectivity index (χ3v) is 2.39. The van der Waals surface area contributed by atoms with Gasteiger partial charge in [0, 0.05) is 12.6 Å². The highest BCUT2D eigenvalue weighted by Crippen LogP contribution is 2.16. The van der Waals surface area contributed by atoms with Crippen molar-refractivity contribution in [2.75, 3.05) is 13.2 Å². The summed E-state index contributed by atoms with van der Waals surface area (Å²) in [5, 5.41) is 12.0. The predicted molar refractivity (Wildman–Crippen MR) is 59.3 cm³/mol. The summed E-state index contributed by atoms with van der Waals surface area (Å²) in [5.74, 6) is 0. The van der Waals surface area contributed by atoms with E-state index < -0.39 is 0 Å². The minimum Gasteiger partial charge on any atom is -0.395 e. The highest BCUT2D eigenvalue weighted by Gasteiger charge is 2.06. The van der Waals surface area contributed by atoms with Gasteiger partial charge in [-0.3, -0.25) is 0 Å². The van der Waals surface area contributed by atoms with Crippen LogP contribution in [0.4, 0.5) is 0 Å². The van der Waals surface area contributed by atoms with E-state index in [9.17, 15) is 0 Å². The summed E-state index contributed by atoms with van der Waals surface area (Å²) in [5.41, 5.74) is 2.58. The van der Waals surface area contributed by atoms with Gasteiger partial charge in [-0.1, -0.05) is 36.8 Å². The van der Waals surface area contributed by atoms with Crippen LogP contribution in [0.2, 0.25) is 0 Å². The number of hydrogen-bond donors (Lipinski definition) is 2. The van der Waals surface area contributed by atoms with E-state index in [4.69, 9.17) is 5.11 Å². The molecule has 1 unspecified atom stereocenters. The van der Waals surface area contributed by atoms with Crippen LogP contribution in [-0.4, -0.2) is 18.3 Å². The van der Waals surface area contributed by atoms with Gasteiger partial charge in [-0.25, -0.2) is 0 Å². The lowest BCUT2D eigenvalue weighted by molar-refractivity contribution is 0.283. The lowest BCUT2D eigenvalue weighted by Crippen LogP contribution is -2.23. The van der Waals surface area contributed by atoms with Crippen molar-refractivity contribution in [3.63, 3.8) is 0 Å². The number of nitrogens with one attached hydrogen (secondary N) is 1. The summed E-state index contributed by atoms with van der Waals surface area (Å²) >= 11 is 0. The molecule has 0 saturated carbocycles. The molecule has 0 heterocycles. The third-order valence-electron chi connectivity index (χ3n) is 2.39. The van der Waals surface area contributed by atoms with Crippen LogP contribution in [0.25, 0.3) is 0 Å². The Labute approximate surface area is 86.0 Å². The molecular formula is C12H19NO. The first kappa shape index (κ1) is 11.2. The monoisotopic (exact) mass is 193 g/mol. The van der Waals surface area contributed by atoms with Gasteiger partial charge in [-0.2, -0.15) is 0 Å². The molecule has 0 aliphatic heterocycles. The van der Waals surface area contributed by atoms with Crippen molar-refractivity contribution in [3.05, 3.63) is 35.4 Å². The van der Waals surface area contributed by atoms with E-state index in [1.54, 1.807) is 0 Å². The van der Waals surface area contributed by atoms with Crippen LogP contribution in [0.5, 0.6) is 0 Å². The van der Waals surface area contributed by atoms with Crippen molar-refractivity contribution in [1.82, 2.24) is 5.32 Å². The number of aliphatic hydroxyl groups is 1.